The molecule has 0 atom stereocenters. The Morgan fingerprint density at radius 1 is 1.23 bits per heavy atom. The summed E-state index contributed by atoms with van der Waals surface area (Å²) in [5.41, 5.74) is 1.12. The number of aromatic nitrogens is 1. The average molecular weight is 191 g/mol. The van der Waals surface area contributed by atoms with Crippen LogP contribution in [0.2, 0.25) is 0 Å². The van der Waals surface area contributed by atoms with Gasteiger partial charge in [0.15, 0.2) is 0 Å². The largest absolute Gasteiger partial charge is 0.364 e. The molecule has 0 spiro atoms. The van der Waals surface area contributed by atoms with E-state index in [9.17, 15) is 0 Å². The Hall–Kier alpha value is -1.22. The zero-order valence-electron chi connectivity index (χ0n) is 7.01. The molecule has 13 heavy (non-hydrogen) atoms. The molecule has 1 aromatic carbocycles. The number of hydrogen-bond donors (Lipinski definition) is 0. The highest BCUT2D eigenvalue weighted by atomic mass is 32.2. The summed E-state index contributed by atoms with van der Waals surface area (Å²) in [6.07, 6.45) is 3.42. The Morgan fingerprint density at radius 3 is 2.77 bits per heavy atom. The highest BCUT2D eigenvalue weighted by Crippen LogP contribution is 2.21. The molecule has 66 valence electrons. The van der Waals surface area contributed by atoms with Gasteiger partial charge in [0.2, 0.25) is 0 Å². The zero-order valence-corrected chi connectivity index (χ0v) is 7.83. The van der Waals surface area contributed by atoms with Gasteiger partial charge in [-0.05, 0) is 12.1 Å². The Morgan fingerprint density at radius 2 is 2.08 bits per heavy atom. The van der Waals surface area contributed by atoms with Crippen molar-refractivity contribution in [2.24, 2.45) is 0 Å². The summed E-state index contributed by atoms with van der Waals surface area (Å²) in [6, 6.07) is 10.3. The molecule has 3 heteroatoms. The predicted molar refractivity (Wildman–Crippen MR) is 52.5 cm³/mol. The minimum atomic E-state index is 0.910. The molecule has 0 amide bonds. The molecule has 0 aliphatic rings. The van der Waals surface area contributed by atoms with E-state index in [1.165, 1.54) is 4.90 Å². The van der Waals surface area contributed by atoms with E-state index in [-0.39, 0.29) is 0 Å². The maximum atomic E-state index is 4.74. The molecular formula is C10H9NOS. The highest BCUT2D eigenvalue weighted by molar-refractivity contribution is 7.98. The second-order valence-corrected chi connectivity index (χ2v) is 3.68. The van der Waals surface area contributed by atoms with E-state index in [4.69, 9.17) is 4.52 Å². The molecule has 0 radical (unpaired) electrons. The van der Waals surface area contributed by atoms with Gasteiger partial charge in [-0.3, -0.25) is 0 Å². The topological polar surface area (TPSA) is 26.0 Å². The van der Waals surface area contributed by atoms with Gasteiger partial charge in [0, 0.05) is 16.2 Å². The van der Waals surface area contributed by atoms with Crippen LogP contribution >= 0.6 is 11.8 Å². The molecule has 0 unspecified atom stereocenters. The lowest BCUT2D eigenvalue weighted by Gasteiger charge is -1.96. The molecule has 0 saturated carbocycles. The van der Waals surface area contributed by atoms with Crippen LogP contribution in [-0.2, 0) is 5.75 Å². The van der Waals surface area contributed by atoms with Crippen LogP contribution in [0.5, 0.6) is 0 Å². The first-order valence-electron chi connectivity index (χ1n) is 4.01. The van der Waals surface area contributed by atoms with Crippen LogP contribution in [0.4, 0.5) is 0 Å². The van der Waals surface area contributed by atoms with Gasteiger partial charge in [0.1, 0.15) is 6.26 Å². The smallest absolute Gasteiger partial charge is 0.127 e. The molecule has 0 N–H and O–H groups in total. The summed E-state index contributed by atoms with van der Waals surface area (Å²) in [7, 11) is 0. The van der Waals surface area contributed by atoms with E-state index in [1.54, 1.807) is 24.2 Å². The van der Waals surface area contributed by atoms with Crippen molar-refractivity contribution in [3.05, 3.63) is 48.4 Å². The first-order valence-corrected chi connectivity index (χ1v) is 5.00. The molecule has 0 saturated heterocycles. The maximum absolute atomic E-state index is 4.74. The lowest BCUT2D eigenvalue weighted by molar-refractivity contribution is 0.419. The summed E-state index contributed by atoms with van der Waals surface area (Å²) in [6.45, 7) is 0. The molecule has 0 fully saturated rings. The number of rotatable bonds is 3. The summed E-state index contributed by atoms with van der Waals surface area (Å²) in [4.78, 5) is 1.27. The number of benzene rings is 1. The van der Waals surface area contributed by atoms with Gasteiger partial charge in [0.05, 0.1) is 6.20 Å². The van der Waals surface area contributed by atoms with Crippen molar-refractivity contribution >= 4 is 11.8 Å². The average Bonchev–Trinajstić information content (AvgIpc) is 2.69. The highest BCUT2D eigenvalue weighted by Gasteiger charge is 1.96. The summed E-state index contributed by atoms with van der Waals surface area (Å²) < 4.78 is 4.74. The Bertz CT molecular complexity index is 344. The lowest BCUT2D eigenvalue weighted by Crippen LogP contribution is -1.74. The van der Waals surface area contributed by atoms with Gasteiger partial charge in [0.25, 0.3) is 0 Å². The lowest BCUT2D eigenvalue weighted by atomic mass is 10.4. The van der Waals surface area contributed by atoms with E-state index in [0.29, 0.717) is 0 Å². The van der Waals surface area contributed by atoms with Gasteiger partial charge in [-0.15, -0.1) is 11.8 Å². The normalized spacial score (nSPS) is 10.2. The van der Waals surface area contributed by atoms with Crippen molar-refractivity contribution in [3.63, 3.8) is 0 Å². The van der Waals surface area contributed by atoms with Crippen molar-refractivity contribution in [1.29, 1.82) is 0 Å². The van der Waals surface area contributed by atoms with Crippen molar-refractivity contribution in [3.8, 4) is 0 Å². The third kappa shape index (κ3) is 2.36. The minimum absolute atomic E-state index is 0.910. The van der Waals surface area contributed by atoms with Gasteiger partial charge in [-0.2, -0.15) is 0 Å². The SMILES string of the molecule is c1ccc(SCc2cnoc2)cc1. The van der Waals surface area contributed by atoms with Crippen LogP contribution in [-0.4, -0.2) is 5.16 Å². The van der Waals surface area contributed by atoms with Gasteiger partial charge >= 0.3 is 0 Å². The van der Waals surface area contributed by atoms with E-state index in [1.807, 2.05) is 18.2 Å². The minimum Gasteiger partial charge on any atom is -0.364 e. The number of hydrogen-bond acceptors (Lipinski definition) is 3. The van der Waals surface area contributed by atoms with Crippen LogP contribution in [0, 0.1) is 0 Å². The number of thioether (sulfide) groups is 1. The zero-order chi connectivity index (χ0) is 8.93. The van der Waals surface area contributed by atoms with Crippen LogP contribution in [0.25, 0.3) is 0 Å². The molecule has 2 rings (SSSR count). The van der Waals surface area contributed by atoms with Crippen LogP contribution in [0.1, 0.15) is 5.56 Å². The monoisotopic (exact) mass is 191 g/mol. The van der Waals surface area contributed by atoms with Crippen LogP contribution < -0.4 is 0 Å². The second-order valence-electron chi connectivity index (χ2n) is 2.63. The fraction of sp³-hybridized carbons (Fsp3) is 0.100. The fourth-order valence-corrected chi connectivity index (χ4v) is 1.81. The standard InChI is InChI=1S/C10H9NOS/c1-2-4-10(5-3-1)13-8-9-6-11-12-7-9/h1-7H,8H2. The van der Waals surface area contributed by atoms with E-state index >= 15 is 0 Å². The first kappa shape index (κ1) is 8.38. The Balaban J connectivity index is 1.94. The van der Waals surface area contributed by atoms with Crippen molar-refractivity contribution in [2.45, 2.75) is 10.6 Å². The van der Waals surface area contributed by atoms with Gasteiger partial charge in [-0.1, -0.05) is 23.4 Å². The van der Waals surface area contributed by atoms with Crippen LogP contribution in [0.3, 0.4) is 0 Å². The molecular weight excluding hydrogens is 182 g/mol. The molecule has 0 aliphatic heterocycles. The fourth-order valence-electron chi connectivity index (χ4n) is 0.981. The number of nitrogens with zero attached hydrogens (tertiary/aromatic N) is 1. The van der Waals surface area contributed by atoms with E-state index in [2.05, 4.69) is 17.3 Å². The van der Waals surface area contributed by atoms with Crippen molar-refractivity contribution in [1.82, 2.24) is 5.16 Å². The third-order valence-electron chi connectivity index (χ3n) is 1.63. The quantitative estimate of drug-likeness (QED) is 0.697. The predicted octanol–water partition coefficient (Wildman–Crippen LogP) is 2.97. The molecule has 1 heterocycles. The molecule has 2 nitrogen and oxygen atoms in total. The van der Waals surface area contributed by atoms with Crippen LogP contribution in [0.15, 0.2) is 52.2 Å². The van der Waals surface area contributed by atoms with E-state index < -0.39 is 0 Å². The summed E-state index contributed by atoms with van der Waals surface area (Å²) in [5.74, 6) is 0.910. The summed E-state index contributed by atoms with van der Waals surface area (Å²) in [5, 5.41) is 3.65. The van der Waals surface area contributed by atoms with Crippen molar-refractivity contribution in [2.75, 3.05) is 0 Å². The van der Waals surface area contributed by atoms with E-state index in [0.717, 1.165) is 11.3 Å². The molecule has 1 aromatic heterocycles. The van der Waals surface area contributed by atoms with Gasteiger partial charge in [-0.25, -0.2) is 0 Å². The molecule has 0 aliphatic carbocycles. The second kappa shape index (κ2) is 4.14. The summed E-state index contributed by atoms with van der Waals surface area (Å²) >= 11 is 1.78. The van der Waals surface area contributed by atoms with Gasteiger partial charge < -0.3 is 4.52 Å². The molecule has 2 aromatic rings. The van der Waals surface area contributed by atoms with Crippen molar-refractivity contribution < 1.29 is 4.52 Å². The maximum Gasteiger partial charge on any atom is 0.127 e. The first-order chi connectivity index (χ1) is 6.45. The Labute approximate surface area is 80.9 Å². The Kier molecular flexibility index (Phi) is 2.67. The molecule has 0 bridgehead atoms. The third-order valence-corrected chi connectivity index (χ3v) is 2.72.